The molecule has 0 N–H and O–H groups in total. The number of rotatable bonds is 5. The van der Waals surface area contributed by atoms with Gasteiger partial charge in [0.05, 0.1) is 0 Å². The standard InChI is InChI=1S/C16H15N3O5S/c17-11-13-14-7-4-8-18(14)16(21)19(15(13)20)9-10-25(22,23)24-12-5-2-1-3-6-12/h1-3,5-6H,4,7-10H2. The van der Waals surface area contributed by atoms with E-state index in [1.165, 1.54) is 16.7 Å². The summed E-state index contributed by atoms with van der Waals surface area (Å²) in [6.45, 7) is 0.0399. The number of nitrogens with zero attached hydrogens (tertiary/aromatic N) is 3. The number of fused-ring (bicyclic) bond motifs is 1. The molecule has 0 radical (unpaired) electrons. The lowest BCUT2D eigenvalue weighted by Gasteiger charge is -2.11. The van der Waals surface area contributed by atoms with Gasteiger partial charge >= 0.3 is 15.8 Å². The third-order valence-electron chi connectivity index (χ3n) is 3.97. The molecule has 0 spiro atoms. The maximum Gasteiger partial charge on any atom is 0.331 e. The van der Waals surface area contributed by atoms with Gasteiger partial charge in [0.2, 0.25) is 0 Å². The fourth-order valence-electron chi connectivity index (χ4n) is 2.81. The Morgan fingerprint density at radius 3 is 2.60 bits per heavy atom. The smallest absolute Gasteiger partial charge is 0.331 e. The van der Waals surface area contributed by atoms with Crippen LogP contribution in [0.3, 0.4) is 0 Å². The quantitative estimate of drug-likeness (QED) is 0.705. The van der Waals surface area contributed by atoms with Crippen LogP contribution >= 0.6 is 0 Å². The van der Waals surface area contributed by atoms with Gasteiger partial charge in [-0.2, -0.15) is 13.7 Å². The van der Waals surface area contributed by atoms with E-state index in [1.807, 2.05) is 6.07 Å². The minimum Gasteiger partial charge on any atom is -0.382 e. The van der Waals surface area contributed by atoms with Crippen LogP contribution in [0.2, 0.25) is 0 Å². The first kappa shape index (κ1) is 17.0. The van der Waals surface area contributed by atoms with Gasteiger partial charge in [-0.15, -0.1) is 0 Å². The van der Waals surface area contributed by atoms with Crippen LogP contribution in [0.25, 0.3) is 0 Å². The second kappa shape index (κ2) is 6.57. The fourth-order valence-corrected chi connectivity index (χ4v) is 3.71. The number of hydrogen-bond acceptors (Lipinski definition) is 6. The summed E-state index contributed by atoms with van der Waals surface area (Å²) in [5.74, 6) is -0.403. The van der Waals surface area contributed by atoms with Gasteiger partial charge in [-0.25, -0.2) is 4.79 Å². The molecule has 0 amide bonds. The Morgan fingerprint density at radius 1 is 1.20 bits per heavy atom. The highest BCUT2D eigenvalue weighted by Crippen LogP contribution is 2.14. The molecule has 130 valence electrons. The van der Waals surface area contributed by atoms with Crippen LogP contribution in [0.5, 0.6) is 5.75 Å². The Hall–Kier alpha value is -2.86. The maximum atomic E-state index is 12.4. The van der Waals surface area contributed by atoms with Crippen molar-refractivity contribution in [2.75, 3.05) is 5.75 Å². The van der Waals surface area contributed by atoms with Gasteiger partial charge in [0.1, 0.15) is 23.1 Å². The molecule has 1 aliphatic heterocycles. The molecule has 8 nitrogen and oxygen atoms in total. The van der Waals surface area contributed by atoms with Crippen molar-refractivity contribution < 1.29 is 12.6 Å². The van der Waals surface area contributed by atoms with Crippen molar-refractivity contribution in [1.82, 2.24) is 9.13 Å². The second-order valence-corrected chi connectivity index (χ2v) is 7.28. The number of hydrogen-bond donors (Lipinski definition) is 0. The highest BCUT2D eigenvalue weighted by Gasteiger charge is 2.23. The van der Waals surface area contributed by atoms with Gasteiger partial charge in [-0.1, -0.05) is 18.2 Å². The van der Waals surface area contributed by atoms with Crippen molar-refractivity contribution in [3.63, 3.8) is 0 Å². The molecule has 3 rings (SSSR count). The first-order valence-corrected chi connectivity index (χ1v) is 9.24. The van der Waals surface area contributed by atoms with E-state index in [9.17, 15) is 23.3 Å². The molecule has 0 bridgehead atoms. The average molecular weight is 361 g/mol. The Labute approximate surface area is 143 Å². The van der Waals surface area contributed by atoms with Crippen LogP contribution in [-0.2, 0) is 29.6 Å². The van der Waals surface area contributed by atoms with Crippen molar-refractivity contribution in [2.45, 2.75) is 25.9 Å². The predicted octanol–water partition coefficient (Wildman–Crippen LogP) is 0.237. The summed E-state index contributed by atoms with van der Waals surface area (Å²) < 4.78 is 31.2. The molecule has 25 heavy (non-hydrogen) atoms. The Morgan fingerprint density at radius 2 is 1.92 bits per heavy atom. The topological polar surface area (TPSA) is 111 Å². The van der Waals surface area contributed by atoms with Crippen LogP contribution in [0.15, 0.2) is 39.9 Å². The van der Waals surface area contributed by atoms with E-state index in [-0.39, 0.29) is 17.9 Å². The summed E-state index contributed by atoms with van der Waals surface area (Å²) in [6.07, 6.45) is 1.16. The highest BCUT2D eigenvalue weighted by atomic mass is 32.2. The molecular formula is C16H15N3O5S. The Balaban J connectivity index is 1.88. The van der Waals surface area contributed by atoms with Crippen LogP contribution in [0.1, 0.15) is 17.7 Å². The van der Waals surface area contributed by atoms with Gasteiger partial charge in [0.15, 0.2) is 0 Å². The Bertz CT molecular complexity index is 1060. The minimum atomic E-state index is -3.99. The van der Waals surface area contributed by atoms with Crippen molar-refractivity contribution in [3.8, 4) is 11.8 Å². The monoisotopic (exact) mass is 361 g/mol. The summed E-state index contributed by atoms with van der Waals surface area (Å²) in [5, 5.41) is 9.20. The van der Waals surface area contributed by atoms with Gasteiger partial charge in [-0.3, -0.25) is 13.9 Å². The molecule has 1 aromatic heterocycles. The van der Waals surface area contributed by atoms with Crippen molar-refractivity contribution in [1.29, 1.82) is 5.26 Å². The molecule has 0 unspecified atom stereocenters. The van der Waals surface area contributed by atoms with Crippen LogP contribution in [0.4, 0.5) is 0 Å². The average Bonchev–Trinajstić information content (AvgIpc) is 3.05. The zero-order valence-corrected chi connectivity index (χ0v) is 14.0. The molecule has 1 aliphatic rings. The van der Waals surface area contributed by atoms with Gasteiger partial charge in [0.25, 0.3) is 5.56 Å². The minimum absolute atomic E-state index is 0.0986. The molecule has 0 atom stereocenters. The van der Waals surface area contributed by atoms with E-state index in [0.717, 1.165) is 4.57 Å². The first-order chi connectivity index (χ1) is 11.9. The third kappa shape index (κ3) is 3.34. The molecule has 0 fully saturated rings. The molecule has 0 aliphatic carbocycles. The van der Waals surface area contributed by atoms with E-state index < -0.39 is 27.1 Å². The van der Waals surface area contributed by atoms with Crippen LogP contribution < -0.4 is 15.4 Å². The number of nitriles is 1. The Kier molecular flexibility index (Phi) is 4.46. The molecule has 1 aromatic carbocycles. The van der Waals surface area contributed by atoms with Crippen molar-refractivity contribution >= 4 is 10.1 Å². The lowest BCUT2D eigenvalue weighted by Crippen LogP contribution is -2.43. The van der Waals surface area contributed by atoms with Crippen LogP contribution in [-0.4, -0.2) is 23.3 Å². The van der Waals surface area contributed by atoms with Crippen molar-refractivity contribution in [2.24, 2.45) is 0 Å². The van der Waals surface area contributed by atoms with E-state index in [0.29, 0.717) is 25.1 Å². The molecule has 0 saturated heterocycles. The number of para-hydroxylation sites is 1. The second-order valence-electron chi connectivity index (χ2n) is 5.59. The van der Waals surface area contributed by atoms with Gasteiger partial charge in [0, 0.05) is 18.8 Å². The number of benzene rings is 1. The lowest BCUT2D eigenvalue weighted by molar-refractivity contribution is 0.478. The first-order valence-electron chi connectivity index (χ1n) is 7.67. The van der Waals surface area contributed by atoms with E-state index in [2.05, 4.69) is 0 Å². The van der Waals surface area contributed by atoms with E-state index >= 15 is 0 Å². The zero-order valence-electron chi connectivity index (χ0n) is 13.2. The van der Waals surface area contributed by atoms with Crippen molar-refractivity contribution in [3.05, 3.63) is 62.4 Å². The zero-order chi connectivity index (χ0) is 18.0. The van der Waals surface area contributed by atoms with E-state index in [4.69, 9.17) is 4.18 Å². The summed E-state index contributed by atoms with van der Waals surface area (Å²) in [7, 11) is -3.99. The highest BCUT2D eigenvalue weighted by molar-refractivity contribution is 7.87. The summed E-state index contributed by atoms with van der Waals surface area (Å²) in [6, 6.07) is 9.77. The predicted molar refractivity (Wildman–Crippen MR) is 88.9 cm³/mol. The summed E-state index contributed by atoms with van der Waals surface area (Å²) in [4.78, 5) is 24.8. The van der Waals surface area contributed by atoms with Gasteiger partial charge in [-0.05, 0) is 25.0 Å². The summed E-state index contributed by atoms with van der Waals surface area (Å²) in [5.41, 5.74) is -1.02. The van der Waals surface area contributed by atoms with E-state index in [1.54, 1.807) is 18.2 Å². The fraction of sp³-hybridized carbons (Fsp3) is 0.312. The largest absolute Gasteiger partial charge is 0.382 e. The third-order valence-corrected chi connectivity index (χ3v) is 5.10. The molecule has 2 heterocycles. The van der Waals surface area contributed by atoms with Crippen LogP contribution in [0, 0.1) is 11.3 Å². The molecule has 2 aromatic rings. The molecule has 0 saturated carbocycles. The maximum absolute atomic E-state index is 12.4. The SMILES string of the molecule is N#Cc1c2n(c(=O)n(CCS(=O)(=O)Oc3ccccc3)c1=O)CCC2. The lowest BCUT2D eigenvalue weighted by atomic mass is 10.2. The summed E-state index contributed by atoms with van der Waals surface area (Å²) >= 11 is 0. The number of aromatic nitrogens is 2. The molecular weight excluding hydrogens is 346 g/mol. The molecule has 9 heteroatoms. The normalized spacial score (nSPS) is 13.2. The van der Waals surface area contributed by atoms with Gasteiger partial charge < -0.3 is 4.18 Å².